The third kappa shape index (κ3) is 3.40. The highest BCUT2D eigenvalue weighted by Gasteiger charge is 2.32. The largest absolute Gasteiger partial charge is 0.300 e. The maximum absolute atomic E-state index is 11.4. The Labute approximate surface area is 83.9 Å². The van der Waals surface area contributed by atoms with Gasteiger partial charge in [0.15, 0.2) is 0 Å². The lowest BCUT2D eigenvalue weighted by Crippen LogP contribution is -2.19. The van der Waals surface area contributed by atoms with E-state index in [1.165, 1.54) is 13.8 Å². The van der Waals surface area contributed by atoms with Gasteiger partial charge in [0.25, 0.3) is 0 Å². The Balaban J connectivity index is 2.45. The number of ketones is 3. The average molecular weight is 196 g/mol. The van der Waals surface area contributed by atoms with Gasteiger partial charge in [0, 0.05) is 24.7 Å². The van der Waals surface area contributed by atoms with Crippen molar-refractivity contribution in [1.82, 2.24) is 0 Å². The molecule has 1 aliphatic rings. The first-order valence-corrected chi connectivity index (χ1v) is 5.03. The van der Waals surface area contributed by atoms with E-state index in [0.29, 0.717) is 0 Å². The van der Waals surface area contributed by atoms with Gasteiger partial charge >= 0.3 is 0 Å². The van der Waals surface area contributed by atoms with Gasteiger partial charge in [0.1, 0.15) is 17.3 Å². The minimum atomic E-state index is -0.374. The first kappa shape index (κ1) is 11.1. The van der Waals surface area contributed by atoms with Gasteiger partial charge < -0.3 is 4.79 Å². The van der Waals surface area contributed by atoms with Crippen LogP contribution in [0, 0.1) is 11.8 Å². The molecule has 0 aliphatic heterocycles. The van der Waals surface area contributed by atoms with Crippen molar-refractivity contribution in [3.8, 4) is 0 Å². The standard InChI is InChI=1S/C11H16O3/c1-7(12)5-10(8(2)13)6-11(14)9-3-4-9/h9-10H,3-6H2,1-2H3. The van der Waals surface area contributed by atoms with E-state index in [1.807, 2.05) is 0 Å². The number of hydrogen-bond donors (Lipinski definition) is 0. The molecule has 1 atom stereocenters. The van der Waals surface area contributed by atoms with Crippen molar-refractivity contribution in [2.45, 2.75) is 39.5 Å². The van der Waals surface area contributed by atoms with Crippen LogP contribution in [0.4, 0.5) is 0 Å². The molecule has 0 amide bonds. The van der Waals surface area contributed by atoms with Crippen LogP contribution < -0.4 is 0 Å². The Morgan fingerprint density at radius 2 is 1.71 bits per heavy atom. The maximum atomic E-state index is 11.4. The molecule has 3 nitrogen and oxygen atoms in total. The van der Waals surface area contributed by atoms with Crippen molar-refractivity contribution in [1.29, 1.82) is 0 Å². The van der Waals surface area contributed by atoms with Crippen LogP contribution in [0.5, 0.6) is 0 Å². The minimum absolute atomic E-state index is 0.0196. The Morgan fingerprint density at radius 3 is 2.07 bits per heavy atom. The molecule has 0 spiro atoms. The first-order chi connectivity index (χ1) is 6.50. The SMILES string of the molecule is CC(=O)CC(CC(=O)C1CC1)C(C)=O. The lowest BCUT2D eigenvalue weighted by Gasteiger charge is -2.10. The van der Waals surface area contributed by atoms with Gasteiger partial charge in [-0.1, -0.05) is 0 Å². The van der Waals surface area contributed by atoms with E-state index in [4.69, 9.17) is 0 Å². The normalized spacial score (nSPS) is 17.6. The van der Waals surface area contributed by atoms with Crippen molar-refractivity contribution < 1.29 is 14.4 Å². The fraction of sp³-hybridized carbons (Fsp3) is 0.727. The van der Waals surface area contributed by atoms with Crippen molar-refractivity contribution in [2.75, 3.05) is 0 Å². The highest BCUT2D eigenvalue weighted by Crippen LogP contribution is 2.32. The molecule has 1 aliphatic carbocycles. The molecule has 1 rings (SSSR count). The molecule has 0 saturated heterocycles. The Hall–Kier alpha value is -0.990. The second kappa shape index (κ2) is 4.49. The average Bonchev–Trinajstić information content (AvgIpc) is 2.83. The van der Waals surface area contributed by atoms with E-state index < -0.39 is 0 Å². The third-order valence-corrected chi connectivity index (χ3v) is 2.59. The number of Topliss-reactive ketones (excluding diaryl/α,β-unsaturated/α-hetero) is 3. The summed E-state index contributed by atoms with van der Waals surface area (Å²) >= 11 is 0. The van der Waals surface area contributed by atoms with Crippen LogP contribution in [0.3, 0.4) is 0 Å². The van der Waals surface area contributed by atoms with Gasteiger partial charge in [0.2, 0.25) is 0 Å². The summed E-state index contributed by atoms with van der Waals surface area (Å²) in [5.74, 6) is -0.0983. The van der Waals surface area contributed by atoms with E-state index in [-0.39, 0.29) is 42.0 Å². The van der Waals surface area contributed by atoms with Crippen LogP contribution in [-0.2, 0) is 14.4 Å². The van der Waals surface area contributed by atoms with Gasteiger partial charge in [-0.05, 0) is 26.7 Å². The van der Waals surface area contributed by atoms with E-state index in [0.717, 1.165) is 12.8 Å². The fourth-order valence-electron chi connectivity index (χ4n) is 1.52. The van der Waals surface area contributed by atoms with Crippen LogP contribution >= 0.6 is 0 Å². The molecule has 3 heteroatoms. The molecular formula is C11H16O3. The highest BCUT2D eigenvalue weighted by molar-refractivity contribution is 5.91. The summed E-state index contributed by atoms with van der Waals surface area (Å²) in [7, 11) is 0. The summed E-state index contributed by atoms with van der Waals surface area (Å²) in [4.78, 5) is 33.5. The molecule has 0 heterocycles. The lowest BCUT2D eigenvalue weighted by molar-refractivity contribution is -0.129. The van der Waals surface area contributed by atoms with Crippen LogP contribution in [-0.4, -0.2) is 17.3 Å². The van der Waals surface area contributed by atoms with Gasteiger partial charge in [0.05, 0.1) is 0 Å². The zero-order chi connectivity index (χ0) is 10.7. The number of carbonyl (C=O) groups excluding carboxylic acids is 3. The van der Waals surface area contributed by atoms with E-state index in [9.17, 15) is 14.4 Å². The molecule has 0 bridgehead atoms. The predicted octanol–water partition coefficient (Wildman–Crippen LogP) is 1.54. The number of hydrogen-bond acceptors (Lipinski definition) is 3. The summed E-state index contributed by atoms with van der Waals surface area (Å²) < 4.78 is 0. The first-order valence-electron chi connectivity index (χ1n) is 5.03. The molecule has 0 aromatic heterocycles. The number of carbonyl (C=O) groups is 3. The van der Waals surface area contributed by atoms with Crippen molar-refractivity contribution in [3.05, 3.63) is 0 Å². The summed E-state index contributed by atoms with van der Waals surface area (Å²) in [6, 6.07) is 0. The molecule has 78 valence electrons. The maximum Gasteiger partial charge on any atom is 0.136 e. The van der Waals surface area contributed by atoms with E-state index in [1.54, 1.807) is 0 Å². The summed E-state index contributed by atoms with van der Waals surface area (Å²) in [5, 5.41) is 0. The highest BCUT2D eigenvalue weighted by atomic mass is 16.1. The summed E-state index contributed by atoms with van der Waals surface area (Å²) in [5.41, 5.74) is 0. The molecular weight excluding hydrogens is 180 g/mol. The van der Waals surface area contributed by atoms with Crippen molar-refractivity contribution in [2.24, 2.45) is 11.8 Å². The molecule has 14 heavy (non-hydrogen) atoms. The predicted molar refractivity (Wildman–Crippen MR) is 51.8 cm³/mol. The van der Waals surface area contributed by atoms with Crippen LogP contribution in [0.15, 0.2) is 0 Å². The Kier molecular flexibility index (Phi) is 3.55. The topological polar surface area (TPSA) is 51.2 Å². The van der Waals surface area contributed by atoms with Gasteiger partial charge in [-0.3, -0.25) is 9.59 Å². The zero-order valence-electron chi connectivity index (χ0n) is 8.71. The number of rotatable bonds is 6. The Bertz CT molecular complexity index is 264. The lowest BCUT2D eigenvalue weighted by atomic mass is 9.92. The summed E-state index contributed by atoms with van der Waals surface area (Å²) in [6.45, 7) is 2.91. The van der Waals surface area contributed by atoms with Gasteiger partial charge in [-0.25, -0.2) is 0 Å². The molecule has 1 unspecified atom stereocenters. The van der Waals surface area contributed by atoms with Crippen LogP contribution in [0.25, 0.3) is 0 Å². The molecule has 0 N–H and O–H groups in total. The molecule has 1 fully saturated rings. The second-order valence-electron chi connectivity index (χ2n) is 4.16. The molecule has 0 aromatic rings. The molecule has 0 aromatic carbocycles. The monoisotopic (exact) mass is 196 g/mol. The van der Waals surface area contributed by atoms with Crippen molar-refractivity contribution in [3.63, 3.8) is 0 Å². The van der Waals surface area contributed by atoms with E-state index in [2.05, 4.69) is 0 Å². The Morgan fingerprint density at radius 1 is 1.14 bits per heavy atom. The quantitative estimate of drug-likeness (QED) is 0.647. The van der Waals surface area contributed by atoms with Crippen LogP contribution in [0.1, 0.15) is 39.5 Å². The zero-order valence-corrected chi connectivity index (χ0v) is 8.71. The second-order valence-corrected chi connectivity index (χ2v) is 4.16. The van der Waals surface area contributed by atoms with Gasteiger partial charge in [-0.15, -0.1) is 0 Å². The van der Waals surface area contributed by atoms with Crippen LogP contribution in [0.2, 0.25) is 0 Å². The fourth-order valence-corrected chi connectivity index (χ4v) is 1.52. The van der Waals surface area contributed by atoms with E-state index >= 15 is 0 Å². The molecule has 1 saturated carbocycles. The molecule has 0 radical (unpaired) electrons. The van der Waals surface area contributed by atoms with Crippen molar-refractivity contribution >= 4 is 17.3 Å². The summed E-state index contributed by atoms with van der Waals surface area (Å²) in [6.07, 6.45) is 2.40. The van der Waals surface area contributed by atoms with Gasteiger partial charge in [-0.2, -0.15) is 0 Å². The third-order valence-electron chi connectivity index (χ3n) is 2.59. The smallest absolute Gasteiger partial charge is 0.136 e. The minimum Gasteiger partial charge on any atom is -0.300 e.